The summed E-state index contributed by atoms with van der Waals surface area (Å²) in [5, 5.41) is 2.06. The Morgan fingerprint density at radius 1 is 1.26 bits per heavy atom. The van der Waals surface area contributed by atoms with Crippen LogP contribution in [-0.4, -0.2) is 20.4 Å². The minimum atomic E-state index is -3.81. The summed E-state index contributed by atoms with van der Waals surface area (Å²) in [6, 6.07) is 7.72. The molecule has 0 fully saturated rings. The van der Waals surface area contributed by atoms with E-state index in [1.165, 1.54) is 42.1 Å². The van der Waals surface area contributed by atoms with Crippen molar-refractivity contribution in [2.24, 2.45) is 7.05 Å². The van der Waals surface area contributed by atoms with Crippen molar-refractivity contribution in [3.63, 3.8) is 0 Å². The number of aromatic nitrogens is 3. The van der Waals surface area contributed by atoms with Crippen molar-refractivity contribution >= 4 is 22.9 Å². The molecule has 1 N–H and O–H groups in total. The molecule has 0 spiro atoms. The molecule has 0 saturated carbocycles. The Balaban J connectivity index is 1.92. The number of halogens is 3. The van der Waals surface area contributed by atoms with Crippen molar-refractivity contribution in [1.29, 1.82) is 0 Å². The number of carbonyl (C=O) groups excluding carboxylic acids is 1. The number of fused-ring (bicyclic) bond motifs is 1. The lowest BCUT2D eigenvalue weighted by Gasteiger charge is -2.14. The molecule has 0 unspecified atom stereocenters. The highest BCUT2D eigenvalue weighted by atomic mass is 19.3. The maximum absolute atomic E-state index is 14.1. The van der Waals surface area contributed by atoms with Crippen LogP contribution in [0.1, 0.15) is 5.69 Å². The molecule has 0 aliphatic rings. The van der Waals surface area contributed by atoms with Crippen LogP contribution in [0.3, 0.4) is 0 Å². The first-order valence-corrected chi connectivity index (χ1v) is 6.62. The van der Waals surface area contributed by atoms with Gasteiger partial charge in [0.2, 0.25) is 5.95 Å². The quantitative estimate of drug-likeness (QED) is 0.807. The van der Waals surface area contributed by atoms with Gasteiger partial charge >= 0.3 is 11.8 Å². The first-order valence-electron chi connectivity index (χ1n) is 6.62. The van der Waals surface area contributed by atoms with E-state index < -0.39 is 23.3 Å². The van der Waals surface area contributed by atoms with Gasteiger partial charge in [-0.2, -0.15) is 8.78 Å². The Morgan fingerprint density at radius 3 is 2.74 bits per heavy atom. The van der Waals surface area contributed by atoms with Crippen LogP contribution in [0, 0.1) is 5.82 Å². The lowest BCUT2D eigenvalue weighted by atomic mass is 10.2. The fourth-order valence-corrected chi connectivity index (χ4v) is 2.13. The monoisotopic (exact) mass is 320 g/mol. The summed E-state index contributed by atoms with van der Waals surface area (Å²) in [6.07, 6.45) is 1.17. The fraction of sp³-hybridized carbons (Fsp3) is 0.133. The number of aryl methyl sites for hydroxylation is 1. The van der Waals surface area contributed by atoms with Gasteiger partial charge in [0.05, 0.1) is 11.0 Å². The molecule has 3 aromatic rings. The molecular formula is C15H11F3N4O. The number of alkyl halides is 2. The minimum absolute atomic E-state index is 0.105. The van der Waals surface area contributed by atoms with E-state index in [0.717, 1.165) is 12.1 Å². The first kappa shape index (κ1) is 15.0. The second-order valence-electron chi connectivity index (χ2n) is 4.87. The third-order valence-electron chi connectivity index (χ3n) is 3.34. The summed E-state index contributed by atoms with van der Waals surface area (Å²) in [4.78, 5) is 19.4. The molecule has 0 aliphatic carbocycles. The number of anilines is 1. The Labute approximate surface area is 128 Å². The minimum Gasteiger partial charge on any atom is -0.313 e. The molecule has 2 heterocycles. The fourth-order valence-electron chi connectivity index (χ4n) is 2.13. The van der Waals surface area contributed by atoms with Crippen molar-refractivity contribution < 1.29 is 18.0 Å². The number of benzene rings is 1. The SMILES string of the molecule is Cn1c(NC(=O)C(F)(F)c2ccccn2)nc2cc(F)ccc21. The molecular weight excluding hydrogens is 309 g/mol. The zero-order chi connectivity index (χ0) is 16.6. The highest BCUT2D eigenvalue weighted by molar-refractivity contribution is 5.96. The number of amides is 1. The molecule has 0 aliphatic heterocycles. The summed E-state index contributed by atoms with van der Waals surface area (Å²) in [5.41, 5.74) is 0.0918. The molecule has 118 valence electrons. The second-order valence-corrected chi connectivity index (χ2v) is 4.87. The number of imidazole rings is 1. The molecule has 0 bridgehead atoms. The second kappa shape index (κ2) is 5.38. The van der Waals surface area contributed by atoms with Gasteiger partial charge in [-0.3, -0.25) is 15.1 Å². The Kier molecular flexibility index (Phi) is 3.51. The summed E-state index contributed by atoms with van der Waals surface area (Å²) in [5.74, 6) is -5.99. The van der Waals surface area contributed by atoms with Gasteiger partial charge in [0.1, 0.15) is 11.5 Å². The number of nitrogens with one attached hydrogen (secondary N) is 1. The Hall–Kier alpha value is -2.90. The van der Waals surface area contributed by atoms with Crippen LogP contribution in [-0.2, 0) is 17.8 Å². The number of rotatable bonds is 3. The summed E-state index contributed by atoms with van der Waals surface area (Å²) in [6.45, 7) is 0. The third-order valence-corrected chi connectivity index (χ3v) is 3.34. The van der Waals surface area contributed by atoms with Crippen LogP contribution < -0.4 is 5.32 Å². The van der Waals surface area contributed by atoms with E-state index in [1.54, 1.807) is 0 Å². The molecule has 5 nitrogen and oxygen atoms in total. The van der Waals surface area contributed by atoms with Gasteiger partial charge in [-0.05, 0) is 24.3 Å². The van der Waals surface area contributed by atoms with Gasteiger partial charge in [-0.25, -0.2) is 9.37 Å². The average molecular weight is 320 g/mol. The predicted octanol–water partition coefficient (Wildman–Crippen LogP) is 2.84. The summed E-state index contributed by atoms with van der Waals surface area (Å²) in [7, 11) is 1.53. The summed E-state index contributed by atoms with van der Waals surface area (Å²) >= 11 is 0. The third kappa shape index (κ3) is 2.63. The van der Waals surface area contributed by atoms with Crippen LogP contribution in [0.25, 0.3) is 11.0 Å². The maximum Gasteiger partial charge on any atom is 0.366 e. The molecule has 0 atom stereocenters. The standard InChI is InChI=1S/C15H11F3N4O/c1-22-11-6-5-9(16)8-10(11)20-14(22)21-13(23)15(17,18)12-4-2-3-7-19-12/h2-8H,1H3,(H,20,21,23). The van der Waals surface area contributed by atoms with E-state index in [0.29, 0.717) is 5.52 Å². The average Bonchev–Trinajstić information content (AvgIpc) is 2.83. The molecule has 0 saturated heterocycles. The first-order chi connectivity index (χ1) is 10.9. The van der Waals surface area contributed by atoms with Gasteiger partial charge in [-0.15, -0.1) is 0 Å². The van der Waals surface area contributed by atoms with E-state index in [9.17, 15) is 18.0 Å². The maximum atomic E-state index is 14.1. The van der Waals surface area contributed by atoms with E-state index >= 15 is 0 Å². The Morgan fingerprint density at radius 2 is 2.04 bits per heavy atom. The number of pyridine rings is 1. The lowest BCUT2D eigenvalue weighted by Crippen LogP contribution is -2.33. The number of carbonyl (C=O) groups is 1. The van der Waals surface area contributed by atoms with Crippen LogP contribution >= 0.6 is 0 Å². The van der Waals surface area contributed by atoms with Gasteiger partial charge in [-0.1, -0.05) is 6.07 Å². The van der Waals surface area contributed by atoms with Crippen molar-refractivity contribution in [3.05, 3.63) is 54.1 Å². The number of hydrogen-bond donors (Lipinski definition) is 1. The van der Waals surface area contributed by atoms with Gasteiger partial charge in [0, 0.05) is 19.3 Å². The molecule has 1 aromatic carbocycles. The molecule has 23 heavy (non-hydrogen) atoms. The van der Waals surface area contributed by atoms with Crippen molar-refractivity contribution in [2.45, 2.75) is 5.92 Å². The zero-order valence-corrected chi connectivity index (χ0v) is 11.9. The van der Waals surface area contributed by atoms with Gasteiger partial charge in [0.15, 0.2) is 0 Å². The highest BCUT2D eigenvalue weighted by Gasteiger charge is 2.43. The van der Waals surface area contributed by atoms with E-state index in [2.05, 4.69) is 15.3 Å². The number of hydrogen-bond acceptors (Lipinski definition) is 3. The van der Waals surface area contributed by atoms with E-state index in [-0.39, 0.29) is 11.5 Å². The van der Waals surface area contributed by atoms with Crippen LogP contribution in [0.2, 0.25) is 0 Å². The largest absolute Gasteiger partial charge is 0.366 e. The topological polar surface area (TPSA) is 59.8 Å². The van der Waals surface area contributed by atoms with Crippen LogP contribution in [0.15, 0.2) is 42.6 Å². The normalized spacial score (nSPS) is 11.7. The van der Waals surface area contributed by atoms with E-state index in [1.807, 2.05) is 0 Å². The molecule has 3 rings (SSSR count). The number of nitrogens with zero attached hydrogens (tertiary/aromatic N) is 3. The van der Waals surface area contributed by atoms with Crippen molar-refractivity contribution in [3.8, 4) is 0 Å². The molecule has 0 radical (unpaired) electrons. The zero-order valence-electron chi connectivity index (χ0n) is 11.9. The lowest BCUT2D eigenvalue weighted by molar-refractivity contribution is -0.141. The van der Waals surface area contributed by atoms with Crippen LogP contribution in [0.4, 0.5) is 19.1 Å². The molecule has 1 amide bonds. The van der Waals surface area contributed by atoms with Crippen LogP contribution in [0.5, 0.6) is 0 Å². The van der Waals surface area contributed by atoms with Gasteiger partial charge < -0.3 is 4.57 Å². The van der Waals surface area contributed by atoms with Gasteiger partial charge in [0.25, 0.3) is 0 Å². The Bertz CT molecular complexity index is 877. The smallest absolute Gasteiger partial charge is 0.313 e. The highest BCUT2D eigenvalue weighted by Crippen LogP contribution is 2.28. The van der Waals surface area contributed by atoms with Crippen molar-refractivity contribution in [1.82, 2.24) is 14.5 Å². The summed E-state index contributed by atoms with van der Waals surface area (Å²) < 4.78 is 42.8. The van der Waals surface area contributed by atoms with Crippen molar-refractivity contribution in [2.75, 3.05) is 5.32 Å². The predicted molar refractivity (Wildman–Crippen MR) is 77.4 cm³/mol. The molecule has 2 aromatic heterocycles. The van der Waals surface area contributed by atoms with E-state index in [4.69, 9.17) is 0 Å². The molecule has 8 heteroatoms.